The number of hydrogen-bond donors (Lipinski definition) is 1. The summed E-state index contributed by atoms with van der Waals surface area (Å²) < 4.78 is 19.4. The summed E-state index contributed by atoms with van der Waals surface area (Å²) in [7, 11) is 0. The first-order valence-corrected chi connectivity index (χ1v) is 11.1. The Bertz CT molecular complexity index is 852. The fourth-order valence-corrected chi connectivity index (χ4v) is 4.92. The molecule has 156 valence electrons. The van der Waals surface area contributed by atoms with Gasteiger partial charge in [-0.2, -0.15) is 0 Å². The van der Waals surface area contributed by atoms with Gasteiger partial charge in [-0.1, -0.05) is 6.07 Å². The van der Waals surface area contributed by atoms with Crippen molar-refractivity contribution < 1.29 is 19.0 Å². The molecule has 0 spiro atoms. The normalized spacial score (nSPS) is 19.9. The van der Waals surface area contributed by atoms with E-state index in [-0.39, 0.29) is 17.8 Å². The van der Waals surface area contributed by atoms with Crippen LogP contribution < -0.4 is 4.74 Å². The molecule has 5 nitrogen and oxygen atoms in total. The molecule has 1 aromatic heterocycles. The first kappa shape index (κ1) is 20.3. The van der Waals surface area contributed by atoms with E-state index in [1.54, 1.807) is 30.4 Å². The molecule has 2 atom stereocenters. The van der Waals surface area contributed by atoms with Gasteiger partial charge in [0.25, 0.3) is 0 Å². The lowest BCUT2D eigenvalue weighted by Crippen LogP contribution is -2.48. The molecular formula is C22H27FN2O3S. The van der Waals surface area contributed by atoms with Gasteiger partial charge in [0.15, 0.2) is 0 Å². The summed E-state index contributed by atoms with van der Waals surface area (Å²) in [6, 6.07) is 8.37. The highest BCUT2D eigenvalue weighted by Gasteiger charge is 2.36. The third-order valence-electron chi connectivity index (χ3n) is 5.52. The maximum Gasteiger partial charge on any atom is 0.237 e. The molecular weight excluding hydrogens is 391 g/mol. The lowest BCUT2D eigenvalue weighted by atomic mass is 10.0. The largest absolute Gasteiger partial charge is 0.491 e. The minimum absolute atomic E-state index is 0.0576. The molecule has 0 saturated heterocycles. The van der Waals surface area contributed by atoms with Crippen molar-refractivity contribution in [1.29, 1.82) is 0 Å². The van der Waals surface area contributed by atoms with E-state index in [4.69, 9.17) is 4.74 Å². The Morgan fingerprint density at radius 2 is 2.24 bits per heavy atom. The Labute approximate surface area is 174 Å². The number of carbonyl (C=O) groups is 1. The van der Waals surface area contributed by atoms with Crippen LogP contribution in [0.2, 0.25) is 0 Å². The van der Waals surface area contributed by atoms with Gasteiger partial charge in [0.1, 0.15) is 18.2 Å². The van der Waals surface area contributed by atoms with E-state index in [0.717, 1.165) is 24.8 Å². The smallest absolute Gasteiger partial charge is 0.237 e. The van der Waals surface area contributed by atoms with Crippen molar-refractivity contribution in [2.45, 2.75) is 44.4 Å². The summed E-state index contributed by atoms with van der Waals surface area (Å²) in [5, 5.41) is 11.8. The number of ether oxygens (including phenoxy) is 1. The van der Waals surface area contributed by atoms with E-state index in [1.807, 2.05) is 4.90 Å². The summed E-state index contributed by atoms with van der Waals surface area (Å²) >= 11 is 1.71. The number of carbonyl (C=O) groups excluding carboxylic acids is 1. The van der Waals surface area contributed by atoms with Crippen molar-refractivity contribution in [2.24, 2.45) is 0 Å². The van der Waals surface area contributed by atoms with Gasteiger partial charge in [0.05, 0.1) is 18.7 Å². The van der Waals surface area contributed by atoms with Gasteiger partial charge in [-0.3, -0.25) is 9.69 Å². The van der Waals surface area contributed by atoms with Crippen LogP contribution in [0.15, 0.2) is 35.7 Å². The second-order valence-electron chi connectivity index (χ2n) is 7.93. The highest BCUT2D eigenvalue weighted by molar-refractivity contribution is 7.10. The molecule has 2 aliphatic rings. The fourth-order valence-electron chi connectivity index (χ4n) is 3.99. The van der Waals surface area contributed by atoms with Crippen molar-refractivity contribution in [3.05, 3.63) is 52.0 Å². The molecule has 1 aromatic carbocycles. The van der Waals surface area contributed by atoms with Crippen molar-refractivity contribution in [3.63, 3.8) is 0 Å². The lowest BCUT2D eigenvalue weighted by Gasteiger charge is -2.37. The lowest BCUT2D eigenvalue weighted by molar-refractivity contribution is -0.136. The van der Waals surface area contributed by atoms with Crippen LogP contribution in [0, 0.1) is 5.82 Å². The minimum atomic E-state index is -0.458. The standard InChI is InChI=1S/C22H27FN2O3S/c1-15(26)12-24(17-5-6-17)13-22(27)25-9-7-21-19(8-10-29-21)20(25)14-28-18-4-2-3-16(23)11-18/h2-4,8,10-11,15,17,20,26H,5-7,9,12-14H2,1H3. The van der Waals surface area contributed by atoms with Crippen molar-refractivity contribution in [2.75, 3.05) is 26.2 Å². The molecule has 2 unspecified atom stereocenters. The zero-order valence-electron chi connectivity index (χ0n) is 16.6. The number of nitrogens with zero attached hydrogens (tertiary/aromatic N) is 2. The second kappa shape index (κ2) is 8.81. The average molecular weight is 419 g/mol. The number of thiophene rings is 1. The number of aliphatic hydroxyl groups excluding tert-OH is 1. The SMILES string of the molecule is CC(O)CN(CC(=O)N1CCc2sccc2C1COc1cccc(F)c1)C1CC1. The third kappa shape index (κ3) is 4.97. The van der Waals surface area contributed by atoms with Crippen LogP contribution in [0.4, 0.5) is 4.39 Å². The number of rotatable bonds is 8. The molecule has 1 aliphatic carbocycles. The molecule has 1 aliphatic heterocycles. The van der Waals surface area contributed by atoms with Crippen LogP contribution in [0.3, 0.4) is 0 Å². The van der Waals surface area contributed by atoms with E-state index in [2.05, 4.69) is 16.3 Å². The minimum Gasteiger partial charge on any atom is -0.491 e. The quantitative estimate of drug-likeness (QED) is 0.715. The molecule has 1 fully saturated rings. The van der Waals surface area contributed by atoms with E-state index in [1.165, 1.54) is 17.0 Å². The van der Waals surface area contributed by atoms with E-state index >= 15 is 0 Å². The Hall–Kier alpha value is -1.96. The molecule has 7 heteroatoms. The molecule has 4 rings (SSSR count). The maximum atomic E-state index is 13.5. The summed E-state index contributed by atoms with van der Waals surface area (Å²) in [6.07, 6.45) is 2.55. The van der Waals surface area contributed by atoms with Crippen LogP contribution in [0.1, 0.15) is 36.2 Å². The molecule has 2 aromatic rings. The summed E-state index contributed by atoms with van der Waals surface area (Å²) in [6.45, 7) is 3.52. The topological polar surface area (TPSA) is 53.0 Å². The zero-order valence-corrected chi connectivity index (χ0v) is 17.4. The monoisotopic (exact) mass is 418 g/mol. The van der Waals surface area contributed by atoms with Gasteiger partial charge in [0, 0.05) is 30.1 Å². The van der Waals surface area contributed by atoms with Crippen LogP contribution in [0.5, 0.6) is 5.75 Å². The molecule has 1 amide bonds. The third-order valence-corrected chi connectivity index (χ3v) is 6.52. The predicted octanol–water partition coefficient (Wildman–Crippen LogP) is 3.24. The van der Waals surface area contributed by atoms with Gasteiger partial charge >= 0.3 is 0 Å². The molecule has 1 N–H and O–H groups in total. The molecule has 2 heterocycles. The number of amides is 1. The van der Waals surface area contributed by atoms with Gasteiger partial charge in [-0.05, 0) is 55.3 Å². The van der Waals surface area contributed by atoms with Crippen LogP contribution in [0.25, 0.3) is 0 Å². The average Bonchev–Trinajstić information content (AvgIpc) is 3.42. The van der Waals surface area contributed by atoms with E-state index in [0.29, 0.717) is 38.0 Å². The van der Waals surface area contributed by atoms with E-state index < -0.39 is 6.10 Å². The van der Waals surface area contributed by atoms with Crippen LogP contribution in [-0.4, -0.2) is 59.2 Å². The predicted molar refractivity (Wildman–Crippen MR) is 111 cm³/mol. The zero-order chi connectivity index (χ0) is 20.4. The summed E-state index contributed by atoms with van der Waals surface area (Å²) in [5.74, 6) is 0.184. The van der Waals surface area contributed by atoms with Gasteiger partial charge < -0.3 is 14.7 Å². The van der Waals surface area contributed by atoms with Crippen LogP contribution >= 0.6 is 11.3 Å². The van der Waals surface area contributed by atoms with Crippen LogP contribution in [-0.2, 0) is 11.2 Å². The highest BCUT2D eigenvalue weighted by Crippen LogP contribution is 2.34. The molecule has 0 bridgehead atoms. The Kier molecular flexibility index (Phi) is 6.18. The second-order valence-corrected chi connectivity index (χ2v) is 8.93. The Morgan fingerprint density at radius 1 is 1.41 bits per heavy atom. The van der Waals surface area contributed by atoms with Gasteiger partial charge in [0.2, 0.25) is 5.91 Å². The Balaban J connectivity index is 1.48. The van der Waals surface area contributed by atoms with E-state index in [9.17, 15) is 14.3 Å². The number of halogens is 1. The Morgan fingerprint density at radius 3 is 2.97 bits per heavy atom. The first-order valence-electron chi connectivity index (χ1n) is 10.2. The molecule has 1 saturated carbocycles. The van der Waals surface area contributed by atoms with Crippen molar-refractivity contribution in [3.8, 4) is 5.75 Å². The van der Waals surface area contributed by atoms with Gasteiger partial charge in [-0.15, -0.1) is 11.3 Å². The van der Waals surface area contributed by atoms with Crippen molar-refractivity contribution in [1.82, 2.24) is 9.80 Å². The highest BCUT2D eigenvalue weighted by atomic mass is 32.1. The number of aliphatic hydroxyl groups is 1. The molecule has 29 heavy (non-hydrogen) atoms. The number of hydrogen-bond acceptors (Lipinski definition) is 5. The first-order chi connectivity index (χ1) is 14.0. The molecule has 0 radical (unpaired) electrons. The summed E-state index contributed by atoms with van der Waals surface area (Å²) in [4.78, 5) is 18.5. The fraction of sp³-hybridized carbons (Fsp3) is 0.500. The summed E-state index contributed by atoms with van der Waals surface area (Å²) in [5.41, 5.74) is 1.12. The number of fused-ring (bicyclic) bond motifs is 1. The maximum absolute atomic E-state index is 13.5. The number of benzene rings is 1. The van der Waals surface area contributed by atoms with Crippen molar-refractivity contribution >= 4 is 17.2 Å². The van der Waals surface area contributed by atoms with Gasteiger partial charge in [-0.25, -0.2) is 4.39 Å².